The van der Waals surface area contributed by atoms with Crippen molar-refractivity contribution < 1.29 is 19.0 Å². The minimum Gasteiger partial charge on any atom is -0.493 e. The first-order valence-electron chi connectivity index (χ1n) is 10.4. The molecular formula is C24H31NO4. The average Bonchev–Trinajstić information content (AvgIpc) is 2.72. The number of carbonyl (C=O) groups excluding carboxylic acids is 1. The minimum atomic E-state index is -0.561. The van der Waals surface area contributed by atoms with Crippen LogP contribution in [0.25, 0.3) is 0 Å². The lowest BCUT2D eigenvalue weighted by atomic mass is 9.91. The number of aryl methyl sites for hydroxylation is 1. The van der Waals surface area contributed by atoms with Gasteiger partial charge in [-0.1, -0.05) is 18.2 Å². The standard InChI is InChI=1S/C24H31NO4/c1-16(2)28-22-13-12-18(14-23(22)27-4)15-25-24(26)17(3)29-21-11-7-9-19-8-5-6-10-20(19)21/h7,9,11-14,16-17H,5-6,8,10,15H2,1-4H3,(H,25,26). The Bertz CT molecular complexity index is 847. The predicted molar refractivity (Wildman–Crippen MR) is 114 cm³/mol. The molecule has 0 spiro atoms. The fraction of sp³-hybridized carbons (Fsp3) is 0.458. The average molecular weight is 398 g/mol. The third-order valence-electron chi connectivity index (χ3n) is 5.08. The number of hydrogen-bond donors (Lipinski definition) is 1. The molecule has 0 saturated heterocycles. The Morgan fingerprint density at radius 3 is 2.55 bits per heavy atom. The van der Waals surface area contributed by atoms with Gasteiger partial charge in [-0.25, -0.2) is 0 Å². The molecular weight excluding hydrogens is 366 g/mol. The smallest absolute Gasteiger partial charge is 0.261 e. The van der Waals surface area contributed by atoms with Crippen LogP contribution in [0, 0.1) is 0 Å². The highest BCUT2D eigenvalue weighted by atomic mass is 16.5. The van der Waals surface area contributed by atoms with Crippen LogP contribution in [0.4, 0.5) is 0 Å². The number of ether oxygens (including phenoxy) is 3. The van der Waals surface area contributed by atoms with Crippen molar-refractivity contribution >= 4 is 5.91 Å². The van der Waals surface area contributed by atoms with Crippen LogP contribution in [0.2, 0.25) is 0 Å². The van der Waals surface area contributed by atoms with E-state index in [1.54, 1.807) is 14.0 Å². The number of rotatable bonds is 8. The Balaban J connectivity index is 1.59. The summed E-state index contributed by atoms with van der Waals surface area (Å²) in [6.07, 6.45) is 4.00. The summed E-state index contributed by atoms with van der Waals surface area (Å²) < 4.78 is 17.2. The molecule has 0 heterocycles. The highest BCUT2D eigenvalue weighted by molar-refractivity contribution is 5.80. The fourth-order valence-corrected chi connectivity index (χ4v) is 3.61. The summed E-state index contributed by atoms with van der Waals surface area (Å²) in [6, 6.07) is 11.8. The number of amides is 1. The van der Waals surface area contributed by atoms with Gasteiger partial charge in [-0.2, -0.15) is 0 Å². The summed E-state index contributed by atoms with van der Waals surface area (Å²) in [7, 11) is 1.61. The van der Waals surface area contributed by atoms with Crippen molar-refractivity contribution in [1.29, 1.82) is 0 Å². The molecule has 0 aliphatic heterocycles. The Hall–Kier alpha value is -2.69. The maximum atomic E-state index is 12.6. The lowest BCUT2D eigenvalue weighted by Crippen LogP contribution is -2.36. The van der Waals surface area contributed by atoms with Gasteiger partial charge in [0.1, 0.15) is 5.75 Å². The molecule has 1 atom stereocenters. The summed E-state index contributed by atoms with van der Waals surface area (Å²) >= 11 is 0. The summed E-state index contributed by atoms with van der Waals surface area (Å²) in [5, 5.41) is 2.95. The first kappa shape index (κ1) is 21.0. The second kappa shape index (κ2) is 9.68. The zero-order valence-corrected chi connectivity index (χ0v) is 17.8. The Labute approximate surface area is 173 Å². The molecule has 0 radical (unpaired) electrons. The van der Waals surface area contributed by atoms with Gasteiger partial charge in [0.2, 0.25) is 0 Å². The van der Waals surface area contributed by atoms with E-state index in [9.17, 15) is 4.79 Å². The SMILES string of the molecule is COc1cc(CNC(=O)C(C)Oc2cccc3c2CCCC3)ccc1OC(C)C. The molecule has 29 heavy (non-hydrogen) atoms. The number of nitrogens with one attached hydrogen (secondary N) is 1. The predicted octanol–water partition coefficient (Wildman–Crippen LogP) is 4.44. The molecule has 156 valence electrons. The molecule has 1 unspecified atom stereocenters. The van der Waals surface area contributed by atoms with Crippen LogP contribution < -0.4 is 19.5 Å². The van der Waals surface area contributed by atoms with Crippen LogP contribution in [-0.2, 0) is 24.2 Å². The van der Waals surface area contributed by atoms with Gasteiger partial charge in [0.05, 0.1) is 13.2 Å². The van der Waals surface area contributed by atoms with E-state index in [0.717, 1.165) is 24.2 Å². The Kier molecular flexibility index (Phi) is 7.02. The van der Waals surface area contributed by atoms with Gasteiger partial charge in [0, 0.05) is 6.54 Å². The molecule has 1 N–H and O–H groups in total. The lowest BCUT2D eigenvalue weighted by Gasteiger charge is -2.22. The van der Waals surface area contributed by atoms with E-state index in [4.69, 9.17) is 14.2 Å². The van der Waals surface area contributed by atoms with Crippen molar-refractivity contribution in [3.8, 4) is 17.2 Å². The van der Waals surface area contributed by atoms with E-state index in [0.29, 0.717) is 18.0 Å². The van der Waals surface area contributed by atoms with Crippen molar-refractivity contribution in [1.82, 2.24) is 5.32 Å². The molecule has 0 fully saturated rings. The molecule has 5 heteroatoms. The van der Waals surface area contributed by atoms with Crippen LogP contribution in [-0.4, -0.2) is 25.2 Å². The van der Waals surface area contributed by atoms with Gasteiger partial charge >= 0.3 is 0 Å². The zero-order chi connectivity index (χ0) is 20.8. The second-order valence-electron chi connectivity index (χ2n) is 7.73. The van der Waals surface area contributed by atoms with Gasteiger partial charge in [0.15, 0.2) is 17.6 Å². The third-order valence-corrected chi connectivity index (χ3v) is 5.08. The van der Waals surface area contributed by atoms with Crippen molar-refractivity contribution in [3.63, 3.8) is 0 Å². The number of carbonyl (C=O) groups is 1. The van der Waals surface area contributed by atoms with Crippen molar-refractivity contribution in [2.45, 2.75) is 65.2 Å². The molecule has 2 aromatic carbocycles. The maximum absolute atomic E-state index is 12.6. The zero-order valence-electron chi connectivity index (χ0n) is 17.8. The van der Waals surface area contributed by atoms with Gasteiger partial charge in [0.25, 0.3) is 5.91 Å². The number of hydrogen-bond acceptors (Lipinski definition) is 4. The second-order valence-corrected chi connectivity index (χ2v) is 7.73. The Morgan fingerprint density at radius 2 is 1.79 bits per heavy atom. The van der Waals surface area contributed by atoms with E-state index in [-0.39, 0.29) is 12.0 Å². The van der Waals surface area contributed by atoms with Crippen LogP contribution in [0.5, 0.6) is 17.2 Å². The number of methoxy groups -OCH3 is 1. The number of benzene rings is 2. The highest BCUT2D eigenvalue weighted by Gasteiger charge is 2.19. The molecule has 0 bridgehead atoms. The van der Waals surface area contributed by atoms with E-state index >= 15 is 0 Å². The van der Waals surface area contributed by atoms with Crippen LogP contribution in [0.15, 0.2) is 36.4 Å². The van der Waals surface area contributed by atoms with Crippen LogP contribution >= 0.6 is 0 Å². The summed E-state index contributed by atoms with van der Waals surface area (Å²) in [6.45, 7) is 6.13. The summed E-state index contributed by atoms with van der Waals surface area (Å²) in [5.74, 6) is 2.05. The van der Waals surface area contributed by atoms with Crippen molar-refractivity contribution in [2.75, 3.05) is 7.11 Å². The van der Waals surface area contributed by atoms with Gasteiger partial charge in [-0.15, -0.1) is 0 Å². The third kappa shape index (κ3) is 5.43. The Morgan fingerprint density at radius 1 is 1.00 bits per heavy atom. The van der Waals surface area contributed by atoms with Gasteiger partial charge < -0.3 is 19.5 Å². The number of fused-ring (bicyclic) bond motifs is 1. The lowest BCUT2D eigenvalue weighted by molar-refractivity contribution is -0.127. The largest absolute Gasteiger partial charge is 0.493 e. The first-order valence-corrected chi connectivity index (χ1v) is 10.4. The van der Waals surface area contributed by atoms with Crippen molar-refractivity contribution in [3.05, 3.63) is 53.1 Å². The van der Waals surface area contributed by atoms with Crippen LogP contribution in [0.3, 0.4) is 0 Å². The highest BCUT2D eigenvalue weighted by Crippen LogP contribution is 2.31. The summed E-state index contributed by atoms with van der Waals surface area (Å²) in [4.78, 5) is 12.6. The molecule has 5 nitrogen and oxygen atoms in total. The molecule has 1 aliphatic rings. The van der Waals surface area contributed by atoms with Crippen molar-refractivity contribution in [2.24, 2.45) is 0 Å². The molecule has 1 aliphatic carbocycles. The molecule has 0 aromatic heterocycles. The van der Waals surface area contributed by atoms with Crippen LogP contribution in [0.1, 0.15) is 50.3 Å². The minimum absolute atomic E-state index is 0.0659. The maximum Gasteiger partial charge on any atom is 0.261 e. The van der Waals surface area contributed by atoms with E-state index in [1.165, 1.54) is 24.0 Å². The molecule has 2 aromatic rings. The quantitative estimate of drug-likeness (QED) is 0.715. The normalized spacial score (nSPS) is 14.1. The van der Waals surface area contributed by atoms with Gasteiger partial charge in [-0.05, 0) is 81.3 Å². The van der Waals surface area contributed by atoms with E-state index in [2.05, 4.69) is 11.4 Å². The molecule has 3 rings (SSSR count). The van der Waals surface area contributed by atoms with Gasteiger partial charge in [-0.3, -0.25) is 4.79 Å². The monoisotopic (exact) mass is 397 g/mol. The molecule has 0 saturated carbocycles. The van der Waals surface area contributed by atoms with E-state index < -0.39 is 6.10 Å². The first-order chi connectivity index (χ1) is 14.0. The molecule has 1 amide bonds. The van der Waals surface area contributed by atoms with E-state index in [1.807, 2.05) is 44.2 Å². The fourth-order valence-electron chi connectivity index (χ4n) is 3.61. The topological polar surface area (TPSA) is 56.8 Å². The summed E-state index contributed by atoms with van der Waals surface area (Å²) in [5.41, 5.74) is 3.54.